The number of hydrogen-bond donors (Lipinski definition) is 1. The summed E-state index contributed by atoms with van der Waals surface area (Å²) in [5.74, 6) is -2.12. The van der Waals surface area contributed by atoms with Crippen LogP contribution in [0.5, 0.6) is 0 Å². The first-order valence-electron chi connectivity index (χ1n) is 8.37. The molecule has 1 amide bonds. The molecule has 9 nitrogen and oxygen atoms in total. The van der Waals surface area contributed by atoms with Crippen LogP contribution in [0.1, 0.15) is 22.8 Å². The zero-order chi connectivity index (χ0) is 23.6. The highest BCUT2D eigenvalue weighted by molar-refractivity contribution is 7.90. The molecule has 31 heavy (non-hydrogen) atoms. The number of nitro groups is 1. The van der Waals surface area contributed by atoms with Crippen LogP contribution < -0.4 is 5.32 Å². The lowest BCUT2D eigenvalue weighted by molar-refractivity contribution is -0.387. The van der Waals surface area contributed by atoms with Crippen LogP contribution in [0, 0.1) is 10.1 Å². The number of rotatable bonds is 6. The Morgan fingerprint density at radius 2 is 1.81 bits per heavy atom. The van der Waals surface area contributed by atoms with Gasteiger partial charge in [-0.2, -0.15) is 13.2 Å². The van der Waals surface area contributed by atoms with Crippen LogP contribution in [0.15, 0.2) is 47.4 Å². The van der Waals surface area contributed by atoms with Gasteiger partial charge in [-0.15, -0.1) is 0 Å². The summed E-state index contributed by atoms with van der Waals surface area (Å²) >= 11 is 0. The normalized spacial score (nSPS) is 12.7. The maximum absolute atomic E-state index is 12.7. The van der Waals surface area contributed by atoms with Crippen molar-refractivity contribution in [2.75, 3.05) is 11.6 Å². The van der Waals surface area contributed by atoms with Crippen molar-refractivity contribution in [2.24, 2.45) is 0 Å². The molecule has 0 saturated heterocycles. The zero-order valence-electron chi connectivity index (χ0n) is 16.0. The van der Waals surface area contributed by atoms with Gasteiger partial charge in [-0.3, -0.25) is 14.9 Å². The largest absolute Gasteiger partial charge is 0.449 e. The van der Waals surface area contributed by atoms with Gasteiger partial charge < -0.3 is 10.1 Å². The van der Waals surface area contributed by atoms with E-state index in [2.05, 4.69) is 5.32 Å². The lowest BCUT2D eigenvalue weighted by Crippen LogP contribution is -2.30. The number of nitro benzene ring substituents is 1. The highest BCUT2D eigenvalue weighted by Crippen LogP contribution is 2.30. The first kappa shape index (κ1) is 23.8. The van der Waals surface area contributed by atoms with Gasteiger partial charge in [0.15, 0.2) is 15.9 Å². The number of nitrogens with one attached hydrogen (secondary N) is 1. The molecule has 0 bridgehead atoms. The molecule has 1 N–H and O–H groups in total. The Bertz CT molecular complexity index is 1150. The van der Waals surface area contributed by atoms with Crippen molar-refractivity contribution in [2.45, 2.75) is 24.1 Å². The first-order chi connectivity index (χ1) is 14.2. The molecule has 13 heteroatoms. The number of esters is 1. The average Bonchev–Trinajstić information content (AvgIpc) is 2.66. The predicted octanol–water partition coefficient (Wildman–Crippen LogP) is 3.20. The van der Waals surface area contributed by atoms with Crippen LogP contribution in [0.25, 0.3) is 0 Å². The molecule has 0 unspecified atom stereocenters. The molecule has 0 radical (unpaired) electrons. The van der Waals surface area contributed by atoms with E-state index in [4.69, 9.17) is 4.74 Å². The second-order valence-electron chi connectivity index (χ2n) is 6.33. The number of halogens is 3. The van der Waals surface area contributed by atoms with Gasteiger partial charge in [0.2, 0.25) is 0 Å². The Balaban J connectivity index is 2.16. The Morgan fingerprint density at radius 1 is 1.16 bits per heavy atom. The van der Waals surface area contributed by atoms with Crippen molar-refractivity contribution in [1.82, 2.24) is 0 Å². The summed E-state index contributed by atoms with van der Waals surface area (Å²) in [4.78, 5) is 33.9. The molecule has 2 aromatic rings. The van der Waals surface area contributed by atoms with E-state index in [-0.39, 0.29) is 5.69 Å². The van der Waals surface area contributed by atoms with E-state index >= 15 is 0 Å². The van der Waals surface area contributed by atoms with Crippen LogP contribution in [-0.4, -0.2) is 37.6 Å². The Hall–Kier alpha value is -3.48. The number of anilines is 1. The van der Waals surface area contributed by atoms with Crippen LogP contribution in [-0.2, 0) is 25.5 Å². The number of benzene rings is 2. The van der Waals surface area contributed by atoms with Crippen LogP contribution in [0.3, 0.4) is 0 Å². The summed E-state index contributed by atoms with van der Waals surface area (Å²) in [6, 6.07) is 6.31. The molecule has 0 aliphatic carbocycles. The lowest BCUT2D eigenvalue weighted by Gasteiger charge is -2.15. The van der Waals surface area contributed by atoms with Crippen LogP contribution >= 0.6 is 0 Å². The second-order valence-corrected chi connectivity index (χ2v) is 8.31. The Labute approximate surface area is 173 Å². The van der Waals surface area contributed by atoms with E-state index in [0.29, 0.717) is 12.1 Å². The molecule has 1 atom stereocenters. The van der Waals surface area contributed by atoms with Gasteiger partial charge in [0.05, 0.1) is 16.1 Å². The van der Waals surface area contributed by atoms with Gasteiger partial charge >= 0.3 is 12.1 Å². The van der Waals surface area contributed by atoms with E-state index in [1.54, 1.807) is 0 Å². The zero-order valence-corrected chi connectivity index (χ0v) is 16.8. The molecule has 0 aliphatic rings. The summed E-state index contributed by atoms with van der Waals surface area (Å²) in [7, 11) is -3.94. The van der Waals surface area contributed by atoms with Crippen molar-refractivity contribution < 1.29 is 40.8 Å². The number of hydrogen-bond acceptors (Lipinski definition) is 7. The van der Waals surface area contributed by atoms with Gasteiger partial charge in [0.1, 0.15) is 4.90 Å². The van der Waals surface area contributed by atoms with E-state index in [0.717, 1.165) is 37.4 Å². The lowest BCUT2D eigenvalue weighted by atomic mass is 10.2. The van der Waals surface area contributed by atoms with Gasteiger partial charge in [-0.05, 0) is 37.3 Å². The minimum Gasteiger partial charge on any atom is -0.449 e. The van der Waals surface area contributed by atoms with E-state index < -0.39 is 60.6 Å². The van der Waals surface area contributed by atoms with E-state index in [9.17, 15) is 41.3 Å². The third-order valence-corrected chi connectivity index (χ3v) is 5.05. The van der Waals surface area contributed by atoms with Crippen molar-refractivity contribution in [1.29, 1.82) is 0 Å². The number of alkyl halides is 3. The Morgan fingerprint density at radius 3 is 2.35 bits per heavy atom. The van der Waals surface area contributed by atoms with Crippen LogP contribution in [0.2, 0.25) is 0 Å². The molecule has 0 aliphatic heterocycles. The molecular formula is C18H15F3N2O7S. The molecule has 0 aromatic heterocycles. The predicted molar refractivity (Wildman–Crippen MR) is 101 cm³/mol. The van der Waals surface area contributed by atoms with Gasteiger partial charge in [-0.1, -0.05) is 6.07 Å². The van der Waals surface area contributed by atoms with Crippen molar-refractivity contribution >= 4 is 33.1 Å². The van der Waals surface area contributed by atoms with Crippen molar-refractivity contribution in [3.8, 4) is 0 Å². The van der Waals surface area contributed by atoms with Crippen molar-refractivity contribution in [3.05, 3.63) is 63.7 Å². The van der Waals surface area contributed by atoms with Gasteiger partial charge in [-0.25, -0.2) is 13.2 Å². The SMILES string of the molecule is C[C@H](OC(=O)c1ccc(S(C)(=O)=O)c([N+](=O)[O-])c1)C(=O)Nc1cccc(C(F)(F)F)c1. The fourth-order valence-electron chi connectivity index (χ4n) is 2.40. The molecule has 2 rings (SSSR count). The number of carbonyl (C=O) groups is 2. The number of nitrogens with zero attached hydrogens (tertiary/aromatic N) is 1. The van der Waals surface area contributed by atoms with E-state index in [1.165, 1.54) is 6.07 Å². The molecule has 0 saturated carbocycles. The molecule has 0 spiro atoms. The maximum Gasteiger partial charge on any atom is 0.416 e. The first-order valence-corrected chi connectivity index (χ1v) is 10.3. The summed E-state index contributed by atoms with van der Waals surface area (Å²) in [5.41, 5.74) is -2.42. The summed E-state index contributed by atoms with van der Waals surface area (Å²) in [6.45, 7) is 1.14. The molecule has 166 valence electrons. The smallest absolute Gasteiger partial charge is 0.416 e. The number of ether oxygens (including phenoxy) is 1. The quantitative estimate of drug-likeness (QED) is 0.398. The summed E-state index contributed by atoms with van der Waals surface area (Å²) in [5, 5.41) is 13.3. The minimum atomic E-state index is -4.62. The molecular weight excluding hydrogens is 445 g/mol. The third-order valence-electron chi connectivity index (χ3n) is 3.90. The fraction of sp³-hybridized carbons (Fsp3) is 0.222. The monoisotopic (exact) mass is 460 g/mol. The fourth-order valence-corrected chi connectivity index (χ4v) is 3.23. The van der Waals surface area contributed by atoms with Crippen LogP contribution in [0.4, 0.5) is 24.5 Å². The van der Waals surface area contributed by atoms with Crippen molar-refractivity contribution in [3.63, 3.8) is 0 Å². The Kier molecular flexibility index (Phi) is 6.69. The highest BCUT2D eigenvalue weighted by atomic mass is 32.2. The highest BCUT2D eigenvalue weighted by Gasteiger charge is 2.31. The number of amides is 1. The topological polar surface area (TPSA) is 133 Å². The number of sulfone groups is 1. The molecule has 2 aromatic carbocycles. The summed E-state index contributed by atoms with van der Waals surface area (Å²) < 4.78 is 66.4. The van der Waals surface area contributed by atoms with Gasteiger partial charge in [0, 0.05) is 18.0 Å². The second kappa shape index (κ2) is 8.71. The van der Waals surface area contributed by atoms with Gasteiger partial charge in [0.25, 0.3) is 11.6 Å². The standard InChI is InChI=1S/C18H15F3N2O7S/c1-10(16(24)22-13-5-3-4-12(9-13)18(19,20)21)30-17(25)11-6-7-15(31(2,28)29)14(8-11)23(26)27/h3-10H,1-2H3,(H,22,24)/t10-/m0/s1. The minimum absolute atomic E-state index is 0.184. The summed E-state index contributed by atoms with van der Waals surface area (Å²) in [6.07, 6.45) is -5.34. The van der Waals surface area contributed by atoms with E-state index in [1.807, 2.05) is 0 Å². The number of carbonyl (C=O) groups excluding carboxylic acids is 2. The maximum atomic E-state index is 12.7. The average molecular weight is 460 g/mol. The third kappa shape index (κ3) is 6.01. The molecule has 0 fully saturated rings. The molecule has 0 heterocycles.